The molecule has 0 bridgehead atoms. The molecule has 1 heterocycles. The number of ether oxygens (including phenoxy) is 1. The smallest absolute Gasteiger partial charge is 0.227 e. The standard InChI is InChI=1S/C22H23N3O3/c1-2-27-19-10-7-16(8-11-19)22-24-21(28-25-22)13-12-20(26)23-18-9-6-15-4-3-5-17(15)14-18/h6-11,14H,2-5,12-13H2,1H3,(H,23,26). The van der Waals surface area contributed by atoms with Crippen molar-refractivity contribution in [3.05, 3.63) is 59.5 Å². The van der Waals surface area contributed by atoms with Gasteiger partial charge in [0.25, 0.3) is 0 Å². The van der Waals surface area contributed by atoms with Crippen molar-refractivity contribution >= 4 is 11.6 Å². The first-order chi connectivity index (χ1) is 13.7. The Morgan fingerprint density at radius 2 is 1.96 bits per heavy atom. The Bertz CT molecular complexity index is 963. The van der Waals surface area contributed by atoms with Crippen LogP contribution in [0.5, 0.6) is 5.75 Å². The van der Waals surface area contributed by atoms with Crippen LogP contribution < -0.4 is 10.1 Å². The van der Waals surface area contributed by atoms with Crippen molar-refractivity contribution < 1.29 is 14.1 Å². The molecule has 1 aromatic heterocycles. The Morgan fingerprint density at radius 1 is 1.14 bits per heavy atom. The summed E-state index contributed by atoms with van der Waals surface area (Å²) < 4.78 is 10.7. The van der Waals surface area contributed by atoms with Crippen LogP contribution in [0.15, 0.2) is 47.0 Å². The zero-order valence-corrected chi connectivity index (χ0v) is 15.9. The van der Waals surface area contributed by atoms with Crippen molar-refractivity contribution in [3.63, 3.8) is 0 Å². The van der Waals surface area contributed by atoms with Gasteiger partial charge in [0.05, 0.1) is 6.61 Å². The molecule has 0 aliphatic heterocycles. The number of nitrogens with zero attached hydrogens (tertiary/aromatic N) is 2. The summed E-state index contributed by atoms with van der Waals surface area (Å²) in [6.45, 7) is 2.57. The number of carbonyl (C=O) groups excluding carboxylic acids is 1. The van der Waals surface area contributed by atoms with Gasteiger partial charge in [-0.25, -0.2) is 0 Å². The summed E-state index contributed by atoms with van der Waals surface area (Å²) in [6, 6.07) is 13.7. The molecule has 28 heavy (non-hydrogen) atoms. The van der Waals surface area contributed by atoms with Crippen molar-refractivity contribution in [2.45, 2.75) is 39.0 Å². The molecule has 6 heteroatoms. The maximum Gasteiger partial charge on any atom is 0.227 e. The fourth-order valence-corrected chi connectivity index (χ4v) is 3.43. The Labute approximate surface area is 163 Å². The SMILES string of the molecule is CCOc1ccc(-c2noc(CCC(=O)Nc3ccc4c(c3)CCC4)n2)cc1. The number of hydrogen-bond donors (Lipinski definition) is 1. The third kappa shape index (κ3) is 4.22. The lowest BCUT2D eigenvalue weighted by atomic mass is 10.1. The van der Waals surface area contributed by atoms with E-state index in [1.807, 2.05) is 37.3 Å². The molecule has 0 fully saturated rings. The third-order valence-corrected chi connectivity index (χ3v) is 4.84. The lowest BCUT2D eigenvalue weighted by Crippen LogP contribution is -2.12. The van der Waals surface area contributed by atoms with Crippen LogP contribution in [0.3, 0.4) is 0 Å². The minimum atomic E-state index is -0.0567. The van der Waals surface area contributed by atoms with Gasteiger partial charge < -0.3 is 14.6 Å². The van der Waals surface area contributed by atoms with E-state index in [9.17, 15) is 4.79 Å². The van der Waals surface area contributed by atoms with E-state index in [0.717, 1.165) is 29.8 Å². The molecule has 144 valence electrons. The monoisotopic (exact) mass is 377 g/mol. The number of fused-ring (bicyclic) bond motifs is 1. The number of benzene rings is 2. The molecule has 0 radical (unpaired) electrons. The predicted octanol–water partition coefficient (Wildman–Crippen LogP) is 4.20. The second-order valence-electron chi connectivity index (χ2n) is 6.85. The average molecular weight is 377 g/mol. The summed E-state index contributed by atoms with van der Waals surface area (Å²) in [6.07, 6.45) is 4.12. The topological polar surface area (TPSA) is 77.2 Å². The third-order valence-electron chi connectivity index (χ3n) is 4.84. The number of amides is 1. The van der Waals surface area contributed by atoms with Crippen LogP contribution in [-0.4, -0.2) is 22.7 Å². The highest BCUT2D eigenvalue weighted by atomic mass is 16.5. The number of anilines is 1. The van der Waals surface area contributed by atoms with Crippen LogP contribution in [0, 0.1) is 0 Å². The van der Waals surface area contributed by atoms with Gasteiger partial charge in [0, 0.05) is 24.1 Å². The molecular formula is C22H23N3O3. The van der Waals surface area contributed by atoms with Crippen molar-refractivity contribution in [1.29, 1.82) is 0 Å². The molecule has 0 spiro atoms. The van der Waals surface area contributed by atoms with Crippen LogP contribution in [0.4, 0.5) is 5.69 Å². The van der Waals surface area contributed by atoms with Gasteiger partial charge in [0.15, 0.2) is 0 Å². The maximum absolute atomic E-state index is 12.2. The van der Waals surface area contributed by atoms with Crippen LogP contribution in [0.2, 0.25) is 0 Å². The van der Waals surface area contributed by atoms with E-state index < -0.39 is 0 Å². The van der Waals surface area contributed by atoms with E-state index in [2.05, 4.69) is 27.6 Å². The second kappa shape index (κ2) is 8.25. The highest BCUT2D eigenvalue weighted by Gasteiger charge is 2.13. The van der Waals surface area contributed by atoms with Crippen molar-refractivity contribution in [2.75, 3.05) is 11.9 Å². The predicted molar refractivity (Wildman–Crippen MR) is 106 cm³/mol. The molecule has 0 atom stereocenters. The molecule has 6 nitrogen and oxygen atoms in total. The minimum Gasteiger partial charge on any atom is -0.494 e. The zero-order chi connectivity index (χ0) is 19.3. The van der Waals surface area contributed by atoms with Crippen LogP contribution in [0.1, 0.15) is 36.8 Å². The van der Waals surface area contributed by atoms with Gasteiger partial charge in [0.2, 0.25) is 17.6 Å². The molecule has 1 aliphatic carbocycles. The Kier molecular flexibility index (Phi) is 5.37. The first kappa shape index (κ1) is 18.2. The molecule has 3 aromatic rings. The van der Waals surface area contributed by atoms with Gasteiger partial charge in [-0.15, -0.1) is 0 Å². The van der Waals surface area contributed by atoms with E-state index in [4.69, 9.17) is 9.26 Å². The number of carbonyl (C=O) groups is 1. The summed E-state index contributed by atoms with van der Waals surface area (Å²) in [5.41, 5.74) is 4.44. The van der Waals surface area contributed by atoms with Crippen molar-refractivity contribution in [2.24, 2.45) is 0 Å². The van der Waals surface area contributed by atoms with Crippen LogP contribution >= 0.6 is 0 Å². The average Bonchev–Trinajstić information content (AvgIpc) is 3.36. The first-order valence-electron chi connectivity index (χ1n) is 9.69. The second-order valence-corrected chi connectivity index (χ2v) is 6.85. The highest BCUT2D eigenvalue weighted by Crippen LogP contribution is 2.25. The quantitative estimate of drug-likeness (QED) is 0.668. The number of nitrogens with one attached hydrogen (secondary N) is 1. The number of rotatable bonds is 7. The summed E-state index contributed by atoms with van der Waals surface area (Å²) in [5.74, 6) is 1.71. The van der Waals surface area contributed by atoms with Crippen molar-refractivity contribution in [1.82, 2.24) is 10.1 Å². The van der Waals surface area contributed by atoms with Gasteiger partial charge in [0.1, 0.15) is 5.75 Å². The van der Waals surface area contributed by atoms with Crippen LogP contribution in [0.25, 0.3) is 11.4 Å². The molecule has 1 N–H and O–H groups in total. The summed E-state index contributed by atoms with van der Waals surface area (Å²) in [4.78, 5) is 16.6. The molecule has 2 aromatic carbocycles. The number of hydrogen-bond acceptors (Lipinski definition) is 5. The van der Waals surface area contributed by atoms with E-state index in [1.165, 1.54) is 17.5 Å². The molecule has 1 aliphatic rings. The van der Waals surface area contributed by atoms with Gasteiger partial charge in [-0.1, -0.05) is 11.2 Å². The normalized spacial score (nSPS) is 12.6. The Balaban J connectivity index is 1.32. The molecule has 0 saturated carbocycles. The van der Waals surface area contributed by atoms with Gasteiger partial charge >= 0.3 is 0 Å². The fourth-order valence-electron chi connectivity index (χ4n) is 3.43. The Morgan fingerprint density at radius 3 is 2.79 bits per heavy atom. The van der Waals surface area contributed by atoms with E-state index in [1.54, 1.807) is 0 Å². The van der Waals surface area contributed by atoms with Gasteiger partial charge in [-0.3, -0.25) is 4.79 Å². The zero-order valence-electron chi connectivity index (χ0n) is 15.9. The minimum absolute atomic E-state index is 0.0567. The maximum atomic E-state index is 12.2. The summed E-state index contributed by atoms with van der Waals surface area (Å²) >= 11 is 0. The molecule has 0 unspecified atom stereocenters. The molecule has 0 saturated heterocycles. The first-order valence-corrected chi connectivity index (χ1v) is 9.69. The lowest BCUT2D eigenvalue weighted by Gasteiger charge is -2.06. The van der Waals surface area contributed by atoms with E-state index >= 15 is 0 Å². The molecule has 1 amide bonds. The largest absolute Gasteiger partial charge is 0.494 e. The Hall–Kier alpha value is -3.15. The summed E-state index contributed by atoms with van der Waals surface area (Å²) in [7, 11) is 0. The van der Waals surface area contributed by atoms with Gasteiger partial charge in [-0.05, 0) is 73.7 Å². The van der Waals surface area contributed by atoms with Crippen LogP contribution in [-0.2, 0) is 24.1 Å². The lowest BCUT2D eigenvalue weighted by molar-refractivity contribution is -0.116. The van der Waals surface area contributed by atoms with E-state index in [0.29, 0.717) is 31.2 Å². The molecule has 4 rings (SSSR count). The summed E-state index contributed by atoms with van der Waals surface area (Å²) in [5, 5.41) is 6.96. The number of aryl methyl sites for hydroxylation is 3. The number of aromatic nitrogens is 2. The highest BCUT2D eigenvalue weighted by molar-refractivity contribution is 5.90. The van der Waals surface area contributed by atoms with E-state index in [-0.39, 0.29) is 5.91 Å². The fraction of sp³-hybridized carbons (Fsp3) is 0.318. The molecular weight excluding hydrogens is 354 g/mol. The van der Waals surface area contributed by atoms with Gasteiger partial charge in [-0.2, -0.15) is 4.98 Å². The van der Waals surface area contributed by atoms with Crippen molar-refractivity contribution in [3.8, 4) is 17.1 Å².